The largest absolute Gasteiger partial charge is 0.293 e. The average molecular weight is 772 g/mol. The highest BCUT2D eigenvalue weighted by molar-refractivity contribution is 5.78. The van der Waals surface area contributed by atoms with Crippen molar-refractivity contribution < 1.29 is 4.57 Å². The summed E-state index contributed by atoms with van der Waals surface area (Å²) in [6, 6.07) is 9.62. The smallest absolute Gasteiger partial charge is 0.171 e. The molecule has 0 aliphatic carbocycles. The Hall–Kier alpha value is -4.18. The molecule has 310 valence electrons. The molecular formula is C53H79N4+. The molecule has 0 spiro atoms. The lowest BCUT2D eigenvalue weighted by Gasteiger charge is -2.17. The number of aryl methyl sites for hydroxylation is 6. The van der Waals surface area contributed by atoms with Gasteiger partial charge in [0.15, 0.2) is 12.4 Å². The van der Waals surface area contributed by atoms with Gasteiger partial charge in [0.05, 0.1) is 0 Å². The third-order valence-electron chi connectivity index (χ3n) is 10.4. The molecule has 1 aromatic heterocycles. The maximum atomic E-state index is 4.69. The van der Waals surface area contributed by atoms with Crippen molar-refractivity contribution in [2.45, 2.75) is 158 Å². The summed E-state index contributed by atoms with van der Waals surface area (Å²) in [5, 5.41) is 0. The molecule has 0 atom stereocenters. The van der Waals surface area contributed by atoms with Crippen LogP contribution >= 0.6 is 0 Å². The number of benzene rings is 1. The molecule has 57 heavy (non-hydrogen) atoms. The second kappa shape index (κ2) is 32.9. The molecule has 0 bridgehead atoms. The highest BCUT2D eigenvalue weighted by atomic mass is 14.9. The average Bonchev–Trinajstić information content (AvgIpc) is 3.21. The monoisotopic (exact) mass is 772 g/mol. The van der Waals surface area contributed by atoms with Crippen LogP contribution in [-0.4, -0.2) is 38.3 Å². The van der Waals surface area contributed by atoms with Crippen LogP contribution in [0.15, 0.2) is 123 Å². The third kappa shape index (κ3) is 24.9. The maximum Gasteiger partial charge on any atom is 0.171 e. The Morgan fingerprint density at radius 2 is 1.04 bits per heavy atom. The van der Waals surface area contributed by atoms with Gasteiger partial charge in [-0.2, -0.15) is 0 Å². The lowest BCUT2D eigenvalue weighted by atomic mass is 9.88. The van der Waals surface area contributed by atoms with Crippen LogP contribution in [0.2, 0.25) is 0 Å². The molecule has 4 nitrogen and oxygen atoms in total. The van der Waals surface area contributed by atoms with Gasteiger partial charge in [0, 0.05) is 56.3 Å². The van der Waals surface area contributed by atoms with E-state index in [9.17, 15) is 0 Å². The molecular weight excluding hydrogens is 693 g/mol. The first-order chi connectivity index (χ1) is 27.9. The van der Waals surface area contributed by atoms with E-state index in [-0.39, 0.29) is 0 Å². The number of hydrogen-bond donors (Lipinski definition) is 0. The summed E-state index contributed by atoms with van der Waals surface area (Å²) in [5.74, 6) is 0. The van der Waals surface area contributed by atoms with Crippen LogP contribution in [0.5, 0.6) is 0 Å². The van der Waals surface area contributed by atoms with Gasteiger partial charge >= 0.3 is 0 Å². The van der Waals surface area contributed by atoms with Gasteiger partial charge in [0.2, 0.25) is 0 Å². The Kier molecular flexibility index (Phi) is 28.2. The number of rotatable bonds is 30. The fraction of sp³-hybridized carbons (Fsp3) is 0.509. The van der Waals surface area contributed by atoms with Crippen LogP contribution in [0.4, 0.5) is 0 Å². The Balaban J connectivity index is 2.12. The number of aliphatic imine (C=N–C) groups is 3. The van der Waals surface area contributed by atoms with Crippen molar-refractivity contribution in [2.75, 3.05) is 19.6 Å². The lowest BCUT2D eigenvalue weighted by Crippen LogP contribution is -2.32. The van der Waals surface area contributed by atoms with Gasteiger partial charge < -0.3 is 0 Å². The van der Waals surface area contributed by atoms with E-state index in [0.29, 0.717) is 0 Å². The first kappa shape index (κ1) is 49.0. The zero-order valence-corrected chi connectivity index (χ0v) is 37.3. The summed E-state index contributed by atoms with van der Waals surface area (Å²) in [4.78, 5) is 14.0. The molecule has 0 fully saturated rings. The first-order valence-electron chi connectivity index (χ1n) is 22.3. The summed E-state index contributed by atoms with van der Waals surface area (Å²) < 4.78 is 2.35. The maximum absolute atomic E-state index is 4.69. The fourth-order valence-electron chi connectivity index (χ4n) is 6.74. The molecule has 0 aliphatic heterocycles. The molecule has 1 aromatic carbocycles. The van der Waals surface area contributed by atoms with E-state index in [2.05, 4.69) is 152 Å². The van der Waals surface area contributed by atoms with Gasteiger partial charge in [-0.05, 0) is 172 Å². The standard InChI is InChI=1S/C53H79N4/c1-8-11-27-48(6)44-56-37-22-14-18-33-51-42-52(32-17-13-21-36-55-39-25-29-47(5)10-3)53(34-19-15-23-40-57-41-26-30-49(7)45-57)43-50(51)31-16-12-20-35-54-38-24-28-46(4)9-2/h8-11,24-30,38-39,41-45H,12-23,31-37,40H2,1-7H3/q+1/b11-8-,28-24-,29-25-,46-9-,47-10-,48-27-,54-38+,55-39+,56-44+. The molecule has 0 unspecified atom stereocenters. The fourth-order valence-corrected chi connectivity index (χ4v) is 6.74. The summed E-state index contributed by atoms with van der Waals surface area (Å²) in [6.45, 7) is 18.5. The van der Waals surface area contributed by atoms with Crippen molar-refractivity contribution in [3.63, 3.8) is 0 Å². The molecule has 0 saturated carbocycles. The van der Waals surface area contributed by atoms with Crippen molar-refractivity contribution in [2.24, 2.45) is 15.0 Å². The zero-order chi connectivity index (χ0) is 41.2. The quantitative estimate of drug-likeness (QED) is 0.0328. The lowest BCUT2D eigenvalue weighted by molar-refractivity contribution is -0.697. The van der Waals surface area contributed by atoms with E-state index in [1.807, 2.05) is 25.6 Å². The highest BCUT2D eigenvalue weighted by Gasteiger charge is 2.12. The van der Waals surface area contributed by atoms with Crippen molar-refractivity contribution in [3.05, 3.63) is 136 Å². The van der Waals surface area contributed by atoms with Crippen LogP contribution in [0.25, 0.3) is 0 Å². The second-order valence-electron chi connectivity index (χ2n) is 15.6. The molecule has 0 amide bonds. The molecule has 4 heteroatoms. The predicted molar refractivity (Wildman–Crippen MR) is 254 cm³/mol. The van der Waals surface area contributed by atoms with Gasteiger partial charge in [0.1, 0.15) is 6.54 Å². The zero-order valence-electron chi connectivity index (χ0n) is 37.3. The van der Waals surface area contributed by atoms with Gasteiger partial charge in [-0.25, -0.2) is 4.57 Å². The van der Waals surface area contributed by atoms with Crippen LogP contribution in [-0.2, 0) is 32.2 Å². The van der Waals surface area contributed by atoms with E-state index in [4.69, 9.17) is 0 Å². The minimum atomic E-state index is 0.905. The molecule has 0 saturated heterocycles. The van der Waals surface area contributed by atoms with E-state index < -0.39 is 0 Å². The molecule has 2 rings (SSSR count). The number of unbranched alkanes of at least 4 members (excludes halogenated alkanes) is 8. The summed E-state index contributed by atoms with van der Waals surface area (Å²) in [6.07, 6.45) is 48.4. The summed E-state index contributed by atoms with van der Waals surface area (Å²) in [5.41, 5.74) is 11.5. The third-order valence-corrected chi connectivity index (χ3v) is 10.4. The van der Waals surface area contributed by atoms with Gasteiger partial charge in [-0.15, -0.1) is 0 Å². The number of hydrogen-bond acceptors (Lipinski definition) is 3. The molecule has 0 aliphatic rings. The SMILES string of the molecule is C\C=C/C=C(C)\C=N\CCCCCc1cc(CCCCC/N=C/C=C\C(C)=C/C)c(CCCCC[n+]2cccc(C)c2)cc1CCCCC/N=C/C=C\C(C)=C/C. The highest BCUT2D eigenvalue weighted by Crippen LogP contribution is 2.25. The number of nitrogens with zero attached hydrogens (tertiary/aromatic N) is 4. The number of pyridine rings is 1. The van der Waals surface area contributed by atoms with Crippen molar-refractivity contribution in [1.29, 1.82) is 0 Å². The predicted octanol–water partition coefficient (Wildman–Crippen LogP) is 13.6. The summed E-state index contributed by atoms with van der Waals surface area (Å²) >= 11 is 0. The van der Waals surface area contributed by atoms with E-state index in [1.165, 1.54) is 99.3 Å². The summed E-state index contributed by atoms with van der Waals surface area (Å²) in [7, 11) is 0. The Morgan fingerprint density at radius 1 is 0.561 bits per heavy atom. The molecule has 0 N–H and O–H groups in total. The van der Waals surface area contributed by atoms with Crippen LogP contribution in [0.3, 0.4) is 0 Å². The molecule has 0 radical (unpaired) electrons. The van der Waals surface area contributed by atoms with Crippen LogP contribution < -0.4 is 4.57 Å². The van der Waals surface area contributed by atoms with Gasteiger partial charge in [0.25, 0.3) is 0 Å². The minimum absolute atomic E-state index is 0.905. The van der Waals surface area contributed by atoms with E-state index in [0.717, 1.165) is 51.9 Å². The Labute approximate surface area is 350 Å². The topological polar surface area (TPSA) is 41.0 Å². The van der Waals surface area contributed by atoms with Crippen LogP contribution in [0, 0.1) is 6.92 Å². The second-order valence-corrected chi connectivity index (χ2v) is 15.6. The minimum Gasteiger partial charge on any atom is -0.293 e. The van der Waals surface area contributed by atoms with Crippen molar-refractivity contribution >= 4 is 18.6 Å². The van der Waals surface area contributed by atoms with Gasteiger partial charge in [-0.1, -0.05) is 85.1 Å². The molecule has 1 heterocycles. The van der Waals surface area contributed by atoms with Crippen molar-refractivity contribution in [3.8, 4) is 0 Å². The Bertz CT molecular complexity index is 1660. The van der Waals surface area contributed by atoms with Gasteiger partial charge in [-0.3, -0.25) is 15.0 Å². The normalized spacial score (nSPS) is 13.4. The Morgan fingerprint density at radius 3 is 1.49 bits per heavy atom. The van der Waals surface area contributed by atoms with E-state index in [1.54, 1.807) is 22.3 Å². The first-order valence-corrected chi connectivity index (χ1v) is 22.3. The van der Waals surface area contributed by atoms with Crippen molar-refractivity contribution in [1.82, 2.24) is 0 Å². The van der Waals surface area contributed by atoms with Crippen LogP contribution in [0.1, 0.15) is 146 Å². The number of aromatic nitrogens is 1. The number of allylic oxidation sites excluding steroid dienone is 12. The molecule has 2 aromatic rings. The van der Waals surface area contributed by atoms with E-state index >= 15 is 0 Å².